The predicted molar refractivity (Wildman–Crippen MR) is 65.8 cm³/mol. The Morgan fingerprint density at radius 2 is 2.29 bits per heavy atom. The molecule has 0 saturated carbocycles. The maximum absolute atomic E-state index is 12.8. The summed E-state index contributed by atoms with van der Waals surface area (Å²) in [5.74, 6) is -0.336. The van der Waals surface area contributed by atoms with Gasteiger partial charge in [-0.3, -0.25) is 4.79 Å². The number of rotatable bonds is 5. The monoisotopic (exact) mass is 262 g/mol. The van der Waals surface area contributed by atoms with Gasteiger partial charge in [0.2, 0.25) is 0 Å². The summed E-state index contributed by atoms with van der Waals surface area (Å²) >= 11 is 0. The summed E-state index contributed by atoms with van der Waals surface area (Å²) in [6, 6.07) is 5.66. The number of amides is 1. The highest BCUT2D eigenvalue weighted by atomic mass is 35.5. The average Bonchev–Trinajstić information content (AvgIpc) is 2.25. The molecule has 0 saturated heterocycles. The lowest BCUT2D eigenvalue weighted by Gasteiger charge is -2.14. The van der Waals surface area contributed by atoms with E-state index in [-0.39, 0.29) is 18.3 Å². The van der Waals surface area contributed by atoms with E-state index in [1.807, 2.05) is 0 Å². The second-order valence-electron chi connectivity index (χ2n) is 3.30. The van der Waals surface area contributed by atoms with Crippen LogP contribution in [0.2, 0.25) is 0 Å². The Hall–Kier alpha value is -1.33. The molecule has 0 fully saturated rings. The zero-order chi connectivity index (χ0) is 12.0. The van der Waals surface area contributed by atoms with E-state index >= 15 is 0 Å². The molecule has 0 bridgehead atoms. The van der Waals surface area contributed by atoms with Gasteiger partial charge in [0, 0.05) is 19.2 Å². The molecule has 96 valence electrons. The van der Waals surface area contributed by atoms with E-state index in [0.29, 0.717) is 18.8 Å². The van der Waals surface area contributed by atoms with Gasteiger partial charge in [-0.15, -0.1) is 12.4 Å². The minimum Gasteiger partial charge on any atom is -0.481 e. The molecule has 1 unspecified atom stereocenters. The summed E-state index contributed by atoms with van der Waals surface area (Å²) in [5, 5.41) is 2.58. The maximum Gasteiger partial charge on any atom is 0.260 e. The fourth-order valence-corrected chi connectivity index (χ4v) is 1.14. The number of hydrogen-bond donors (Lipinski definition) is 2. The van der Waals surface area contributed by atoms with Crippen molar-refractivity contribution in [3.8, 4) is 5.75 Å². The molecule has 1 aromatic rings. The van der Waals surface area contributed by atoms with Crippen molar-refractivity contribution >= 4 is 18.3 Å². The average molecular weight is 263 g/mol. The highest BCUT2D eigenvalue weighted by Gasteiger charge is 2.13. The number of benzene rings is 1. The van der Waals surface area contributed by atoms with Crippen molar-refractivity contribution in [3.05, 3.63) is 30.1 Å². The van der Waals surface area contributed by atoms with Gasteiger partial charge in [0.25, 0.3) is 5.91 Å². The Balaban J connectivity index is 0.00000256. The lowest BCUT2D eigenvalue weighted by molar-refractivity contribution is -0.127. The molecule has 3 N–H and O–H groups in total. The normalized spacial score (nSPS) is 11.2. The van der Waals surface area contributed by atoms with E-state index in [0.717, 1.165) is 0 Å². The summed E-state index contributed by atoms with van der Waals surface area (Å²) in [7, 11) is 0. The van der Waals surface area contributed by atoms with Gasteiger partial charge in [0.05, 0.1) is 0 Å². The van der Waals surface area contributed by atoms with Crippen LogP contribution in [-0.2, 0) is 4.79 Å². The molecule has 0 aliphatic carbocycles. The SMILES string of the molecule is CC(Oc1cccc(F)c1)C(=O)NCCN.Cl. The number of halogens is 2. The first kappa shape index (κ1) is 15.7. The smallest absolute Gasteiger partial charge is 0.260 e. The molecule has 0 radical (unpaired) electrons. The van der Waals surface area contributed by atoms with Crippen molar-refractivity contribution in [2.75, 3.05) is 13.1 Å². The Labute approximate surface area is 106 Å². The van der Waals surface area contributed by atoms with Gasteiger partial charge in [-0.2, -0.15) is 0 Å². The van der Waals surface area contributed by atoms with Crippen molar-refractivity contribution < 1.29 is 13.9 Å². The molecule has 0 heterocycles. The van der Waals surface area contributed by atoms with Gasteiger partial charge in [0.15, 0.2) is 6.10 Å². The van der Waals surface area contributed by atoms with Crippen molar-refractivity contribution in [2.45, 2.75) is 13.0 Å². The molecule has 6 heteroatoms. The third-order valence-corrected chi connectivity index (χ3v) is 1.92. The van der Waals surface area contributed by atoms with Crippen LogP contribution in [-0.4, -0.2) is 25.1 Å². The van der Waals surface area contributed by atoms with E-state index in [4.69, 9.17) is 10.5 Å². The molecular weight excluding hydrogens is 247 g/mol. The van der Waals surface area contributed by atoms with Crippen LogP contribution in [0.25, 0.3) is 0 Å². The Kier molecular flexibility index (Phi) is 7.25. The van der Waals surface area contributed by atoms with E-state index in [1.54, 1.807) is 13.0 Å². The van der Waals surface area contributed by atoms with Gasteiger partial charge < -0.3 is 15.8 Å². The Bertz CT molecular complexity index is 363. The van der Waals surface area contributed by atoms with Crippen molar-refractivity contribution in [2.24, 2.45) is 5.73 Å². The number of nitrogens with two attached hydrogens (primary N) is 1. The first-order valence-corrected chi connectivity index (χ1v) is 5.03. The lowest BCUT2D eigenvalue weighted by atomic mass is 10.3. The second kappa shape index (κ2) is 7.86. The molecule has 0 aliphatic rings. The quantitative estimate of drug-likeness (QED) is 0.835. The largest absolute Gasteiger partial charge is 0.481 e. The number of ether oxygens (including phenoxy) is 1. The summed E-state index contributed by atoms with van der Waals surface area (Å²) in [5.41, 5.74) is 5.24. The molecule has 1 atom stereocenters. The van der Waals surface area contributed by atoms with Gasteiger partial charge in [-0.05, 0) is 19.1 Å². The Morgan fingerprint density at radius 3 is 2.88 bits per heavy atom. The van der Waals surface area contributed by atoms with E-state index in [1.165, 1.54) is 18.2 Å². The predicted octanol–water partition coefficient (Wildman–Crippen LogP) is 1.09. The lowest BCUT2D eigenvalue weighted by Crippen LogP contribution is -2.38. The zero-order valence-corrected chi connectivity index (χ0v) is 10.3. The third-order valence-electron chi connectivity index (χ3n) is 1.92. The van der Waals surface area contributed by atoms with E-state index < -0.39 is 11.9 Å². The Morgan fingerprint density at radius 1 is 1.59 bits per heavy atom. The van der Waals surface area contributed by atoms with Crippen molar-refractivity contribution in [1.82, 2.24) is 5.32 Å². The molecule has 0 aromatic heterocycles. The van der Waals surface area contributed by atoms with Crippen molar-refractivity contribution in [3.63, 3.8) is 0 Å². The fraction of sp³-hybridized carbons (Fsp3) is 0.364. The number of hydrogen-bond acceptors (Lipinski definition) is 3. The van der Waals surface area contributed by atoms with Gasteiger partial charge >= 0.3 is 0 Å². The fourth-order valence-electron chi connectivity index (χ4n) is 1.14. The first-order valence-electron chi connectivity index (χ1n) is 5.03. The van der Waals surface area contributed by atoms with Crippen LogP contribution in [0.1, 0.15) is 6.92 Å². The van der Waals surface area contributed by atoms with Crippen LogP contribution in [0.3, 0.4) is 0 Å². The molecule has 1 amide bonds. The summed E-state index contributed by atoms with van der Waals surface area (Å²) in [6.07, 6.45) is -0.673. The standard InChI is InChI=1S/C11H15FN2O2.ClH/c1-8(11(15)14-6-5-13)16-10-4-2-3-9(12)7-10;/h2-4,7-8H,5-6,13H2,1H3,(H,14,15);1H. The van der Waals surface area contributed by atoms with Gasteiger partial charge in [-0.1, -0.05) is 6.07 Å². The van der Waals surface area contributed by atoms with E-state index in [2.05, 4.69) is 5.32 Å². The van der Waals surface area contributed by atoms with Crippen molar-refractivity contribution in [1.29, 1.82) is 0 Å². The highest BCUT2D eigenvalue weighted by molar-refractivity contribution is 5.85. The van der Waals surface area contributed by atoms with Crippen LogP contribution >= 0.6 is 12.4 Å². The van der Waals surface area contributed by atoms with Crippen LogP contribution < -0.4 is 15.8 Å². The van der Waals surface area contributed by atoms with E-state index in [9.17, 15) is 9.18 Å². The zero-order valence-electron chi connectivity index (χ0n) is 9.48. The molecule has 4 nitrogen and oxygen atoms in total. The number of nitrogens with one attached hydrogen (secondary N) is 1. The minimum absolute atomic E-state index is 0. The number of carbonyl (C=O) groups excluding carboxylic acids is 1. The summed E-state index contributed by atoms with van der Waals surface area (Å²) < 4.78 is 18.1. The topological polar surface area (TPSA) is 64.3 Å². The molecule has 1 rings (SSSR count). The highest BCUT2D eigenvalue weighted by Crippen LogP contribution is 2.13. The second-order valence-corrected chi connectivity index (χ2v) is 3.30. The third kappa shape index (κ3) is 5.51. The maximum atomic E-state index is 12.8. The van der Waals surface area contributed by atoms with Gasteiger partial charge in [-0.25, -0.2) is 4.39 Å². The summed E-state index contributed by atoms with van der Waals surface area (Å²) in [4.78, 5) is 11.4. The molecule has 17 heavy (non-hydrogen) atoms. The molecule has 1 aromatic carbocycles. The van der Waals surface area contributed by atoms with Gasteiger partial charge in [0.1, 0.15) is 11.6 Å². The minimum atomic E-state index is -0.673. The molecule has 0 aliphatic heterocycles. The molecule has 0 spiro atoms. The van der Waals surface area contributed by atoms with Crippen LogP contribution in [0.15, 0.2) is 24.3 Å². The molecular formula is C11H16ClFN2O2. The first-order chi connectivity index (χ1) is 7.63. The van der Waals surface area contributed by atoms with Crippen LogP contribution in [0, 0.1) is 5.82 Å². The van der Waals surface area contributed by atoms with Crippen LogP contribution in [0.5, 0.6) is 5.75 Å². The summed E-state index contributed by atoms with van der Waals surface area (Å²) in [6.45, 7) is 2.37. The van der Waals surface area contributed by atoms with Crippen LogP contribution in [0.4, 0.5) is 4.39 Å². The number of carbonyl (C=O) groups is 1.